The lowest BCUT2D eigenvalue weighted by Crippen LogP contribution is -2.29. The molecule has 1 heterocycles. The highest BCUT2D eigenvalue weighted by atomic mass is 79.9. The van der Waals surface area contributed by atoms with Gasteiger partial charge in [-0.2, -0.15) is 0 Å². The smallest absolute Gasteiger partial charge is 0.126 e. The summed E-state index contributed by atoms with van der Waals surface area (Å²) in [4.78, 5) is 0. The van der Waals surface area contributed by atoms with Crippen LogP contribution < -0.4 is 10.1 Å². The van der Waals surface area contributed by atoms with Gasteiger partial charge in [-0.3, -0.25) is 0 Å². The van der Waals surface area contributed by atoms with Gasteiger partial charge in [0.15, 0.2) is 0 Å². The Hall–Kier alpha value is -0.540. The van der Waals surface area contributed by atoms with Crippen LogP contribution in [0.2, 0.25) is 0 Å². The molecule has 1 N–H and O–H groups in total. The molecule has 0 saturated heterocycles. The molecule has 0 aromatic heterocycles. The van der Waals surface area contributed by atoms with Gasteiger partial charge in [0.1, 0.15) is 5.75 Å². The van der Waals surface area contributed by atoms with Gasteiger partial charge in [0.25, 0.3) is 0 Å². The second-order valence-corrected chi connectivity index (χ2v) is 7.20. The van der Waals surface area contributed by atoms with Crippen LogP contribution in [0.3, 0.4) is 0 Å². The maximum atomic E-state index is 5.86. The number of benzene rings is 1. The van der Waals surface area contributed by atoms with Crippen molar-refractivity contribution in [3.8, 4) is 5.75 Å². The minimum absolute atomic E-state index is 0.125. The maximum Gasteiger partial charge on any atom is 0.126 e. The SMILES string of the molecule is CC(C)NCCC(C)(C)c1cc(Br)cc2c1OCC2. The molecule has 2 rings (SSSR count). The normalized spacial score (nSPS) is 14.6. The van der Waals surface area contributed by atoms with E-state index in [4.69, 9.17) is 4.74 Å². The first-order valence-electron chi connectivity index (χ1n) is 7.09. The fourth-order valence-electron chi connectivity index (χ4n) is 2.58. The summed E-state index contributed by atoms with van der Waals surface area (Å²) < 4.78 is 7.02. The van der Waals surface area contributed by atoms with Crippen molar-refractivity contribution in [2.75, 3.05) is 13.2 Å². The number of nitrogens with one attached hydrogen (secondary N) is 1. The van der Waals surface area contributed by atoms with Gasteiger partial charge >= 0.3 is 0 Å². The first kappa shape index (κ1) is 14.9. The van der Waals surface area contributed by atoms with E-state index in [1.807, 2.05) is 0 Å². The molecule has 106 valence electrons. The quantitative estimate of drug-likeness (QED) is 0.881. The molecule has 1 aromatic rings. The second kappa shape index (κ2) is 5.84. The van der Waals surface area contributed by atoms with Crippen LogP contribution in [0.1, 0.15) is 45.2 Å². The average Bonchev–Trinajstić information content (AvgIpc) is 2.74. The number of rotatable bonds is 5. The van der Waals surface area contributed by atoms with Crippen LogP contribution in [0.25, 0.3) is 0 Å². The zero-order chi connectivity index (χ0) is 14.0. The Morgan fingerprint density at radius 2 is 2.11 bits per heavy atom. The summed E-state index contributed by atoms with van der Waals surface area (Å²) in [5, 5.41) is 3.50. The van der Waals surface area contributed by atoms with E-state index in [-0.39, 0.29) is 5.41 Å². The van der Waals surface area contributed by atoms with E-state index < -0.39 is 0 Å². The van der Waals surface area contributed by atoms with Crippen molar-refractivity contribution >= 4 is 15.9 Å². The highest BCUT2D eigenvalue weighted by Gasteiger charge is 2.28. The molecule has 19 heavy (non-hydrogen) atoms. The van der Waals surface area contributed by atoms with Crippen molar-refractivity contribution in [1.82, 2.24) is 5.32 Å². The molecule has 0 bridgehead atoms. The lowest BCUT2D eigenvalue weighted by Gasteiger charge is -2.28. The van der Waals surface area contributed by atoms with Crippen LogP contribution in [0, 0.1) is 0 Å². The Labute approximate surface area is 125 Å². The standard InChI is InChI=1S/C16H24BrNO/c1-11(2)18-7-6-16(3,4)14-10-13(17)9-12-5-8-19-15(12)14/h9-11,18H,5-8H2,1-4H3. The van der Waals surface area contributed by atoms with Crippen molar-refractivity contribution in [1.29, 1.82) is 0 Å². The number of ether oxygens (including phenoxy) is 1. The minimum atomic E-state index is 0.125. The summed E-state index contributed by atoms with van der Waals surface area (Å²) in [6.07, 6.45) is 2.14. The fourth-order valence-corrected chi connectivity index (χ4v) is 3.09. The van der Waals surface area contributed by atoms with Crippen LogP contribution >= 0.6 is 15.9 Å². The molecule has 0 radical (unpaired) electrons. The molecular formula is C16H24BrNO. The molecule has 2 nitrogen and oxygen atoms in total. The van der Waals surface area contributed by atoms with Crippen molar-refractivity contribution in [3.05, 3.63) is 27.7 Å². The molecule has 0 spiro atoms. The van der Waals surface area contributed by atoms with Crippen LogP contribution in [0.4, 0.5) is 0 Å². The van der Waals surface area contributed by atoms with Gasteiger partial charge in [0.05, 0.1) is 6.61 Å². The van der Waals surface area contributed by atoms with Crippen molar-refractivity contribution < 1.29 is 4.74 Å². The zero-order valence-corrected chi connectivity index (χ0v) is 13.9. The number of fused-ring (bicyclic) bond motifs is 1. The molecule has 0 aliphatic carbocycles. The van der Waals surface area contributed by atoms with E-state index in [1.165, 1.54) is 11.1 Å². The van der Waals surface area contributed by atoms with E-state index in [2.05, 4.69) is 61.1 Å². The van der Waals surface area contributed by atoms with Crippen molar-refractivity contribution in [2.24, 2.45) is 0 Å². The first-order chi connectivity index (χ1) is 8.90. The fraction of sp³-hybridized carbons (Fsp3) is 0.625. The van der Waals surface area contributed by atoms with Gasteiger partial charge in [-0.1, -0.05) is 43.6 Å². The highest BCUT2D eigenvalue weighted by molar-refractivity contribution is 9.10. The summed E-state index contributed by atoms with van der Waals surface area (Å²) in [5.41, 5.74) is 2.80. The third kappa shape index (κ3) is 3.51. The van der Waals surface area contributed by atoms with Crippen LogP contribution in [-0.4, -0.2) is 19.2 Å². The molecule has 0 saturated carbocycles. The van der Waals surface area contributed by atoms with Crippen LogP contribution in [0.5, 0.6) is 5.75 Å². The molecule has 0 unspecified atom stereocenters. The predicted octanol–water partition coefficient (Wildman–Crippen LogP) is 4.05. The topological polar surface area (TPSA) is 21.3 Å². The molecule has 1 aromatic carbocycles. The average molecular weight is 326 g/mol. The Morgan fingerprint density at radius 1 is 1.37 bits per heavy atom. The van der Waals surface area contributed by atoms with Gasteiger partial charge in [0.2, 0.25) is 0 Å². The highest BCUT2D eigenvalue weighted by Crippen LogP contribution is 2.41. The molecule has 1 aliphatic rings. The van der Waals surface area contributed by atoms with Gasteiger partial charge < -0.3 is 10.1 Å². The largest absolute Gasteiger partial charge is 0.493 e. The van der Waals surface area contributed by atoms with E-state index in [9.17, 15) is 0 Å². The van der Waals surface area contributed by atoms with Gasteiger partial charge in [-0.05, 0) is 36.1 Å². The Bertz CT molecular complexity index is 454. The molecule has 0 fully saturated rings. The van der Waals surface area contributed by atoms with E-state index in [0.717, 1.165) is 36.2 Å². The summed E-state index contributed by atoms with van der Waals surface area (Å²) in [6, 6.07) is 4.95. The maximum absolute atomic E-state index is 5.86. The lowest BCUT2D eigenvalue weighted by molar-refractivity contribution is 0.340. The van der Waals surface area contributed by atoms with Gasteiger partial charge in [-0.25, -0.2) is 0 Å². The Balaban J connectivity index is 2.20. The van der Waals surface area contributed by atoms with Gasteiger partial charge in [0, 0.05) is 22.5 Å². The van der Waals surface area contributed by atoms with E-state index in [1.54, 1.807) is 0 Å². The molecule has 1 aliphatic heterocycles. The summed E-state index contributed by atoms with van der Waals surface area (Å²) in [7, 11) is 0. The van der Waals surface area contributed by atoms with Crippen LogP contribution in [-0.2, 0) is 11.8 Å². The monoisotopic (exact) mass is 325 g/mol. The summed E-state index contributed by atoms with van der Waals surface area (Å²) in [6.45, 7) is 10.8. The van der Waals surface area contributed by atoms with E-state index in [0.29, 0.717) is 6.04 Å². The lowest BCUT2D eigenvalue weighted by atomic mass is 9.80. The minimum Gasteiger partial charge on any atom is -0.493 e. The van der Waals surface area contributed by atoms with Crippen molar-refractivity contribution in [3.63, 3.8) is 0 Å². The Morgan fingerprint density at radius 3 is 2.79 bits per heavy atom. The number of hydrogen-bond acceptors (Lipinski definition) is 2. The molecular weight excluding hydrogens is 302 g/mol. The third-order valence-electron chi connectivity index (χ3n) is 3.78. The van der Waals surface area contributed by atoms with Gasteiger partial charge in [-0.15, -0.1) is 0 Å². The first-order valence-corrected chi connectivity index (χ1v) is 7.88. The summed E-state index contributed by atoms with van der Waals surface area (Å²) in [5.74, 6) is 1.12. The second-order valence-electron chi connectivity index (χ2n) is 6.28. The number of hydrogen-bond donors (Lipinski definition) is 1. The number of halogens is 1. The predicted molar refractivity (Wildman–Crippen MR) is 84.1 cm³/mol. The Kier molecular flexibility index (Phi) is 4.57. The van der Waals surface area contributed by atoms with Crippen LogP contribution in [0.15, 0.2) is 16.6 Å². The van der Waals surface area contributed by atoms with Crippen molar-refractivity contribution in [2.45, 2.75) is 52.0 Å². The third-order valence-corrected chi connectivity index (χ3v) is 4.24. The molecule has 0 atom stereocenters. The zero-order valence-electron chi connectivity index (χ0n) is 12.3. The molecule has 3 heteroatoms. The van der Waals surface area contributed by atoms with E-state index >= 15 is 0 Å². The molecule has 0 amide bonds. The summed E-state index contributed by atoms with van der Waals surface area (Å²) >= 11 is 3.63.